The van der Waals surface area contributed by atoms with Crippen LogP contribution in [0.15, 0.2) is 0 Å². The third kappa shape index (κ3) is 2.93. The van der Waals surface area contributed by atoms with Gasteiger partial charge in [0.1, 0.15) is 5.54 Å². The minimum Gasteiger partial charge on any atom is -0.339 e. The second-order valence-electron chi connectivity index (χ2n) is 8.27. The lowest BCUT2D eigenvalue weighted by atomic mass is 9.96. The van der Waals surface area contributed by atoms with E-state index in [4.69, 9.17) is 0 Å². The number of hydrogen-bond acceptors (Lipinski definition) is 3. The normalized spacial score (nSPS) is 29.2. The Hall–Kier alpha value is -1.59. The molecular weight excluding hydrogens is 318 g/mol. The zero-order chi connectivity index (χ0) is 17.4. The Labute approximate surface area is 149 Å². The zero-order valence-electron chi connectivity index (χ0n) is 15.0. The van der Waals surface area contributed by atoms with Gasteiger partial charge in [0.05, 0.1) is 0 Å². The summed E-state index contributed by atoms with van der Waals surface area (Å²) in [6.45, 7) is 1.06. The van der Waals surface area contributed by atoms with Crippen molar-refractivity contribution in [1.82, 2.24) is 15.1 Å². The number of nitrogens with one attached hydrogen (secondary N) is 1. The summed E-state index contributed by atoms with van der Waals surface area (Å²) in [6, 6.07) is 0.0766. The number of nitrogens with zero attached hydrogens (tertiary/aromatic N) is 2. The summed E-state index contributed by atoms with van der Waals surface area (Å²) in [5, 5.41) is 2.89. The van der Waals surface area contributed by atoms with Crippen LogP contribution in [0.3, 0.4) is 0 Å². The van der Waals surface area contributed by atoms with Gasteiger partial charge < -0.3 is 10.2 Å². The van der Waals surface area contributed by atoms with Crippen LogP contribution in [0.4, 0.5) is 4.79 Å². The van der Waals surface area contributed by atoms with Crippen LogP contribution in [-0.4, -0.2) is 52.3 Å². The number of imide groups is 1. The van der Waals surface area contributed by atoms with Crippen LogP contribution in [0, 0.1) is 5.92 Å². The molecule has 0 bridgehead atoms. The quantitative estimate of drug-likeness (QED) is 0.794. The molecule has 1 spiro atoms. The highest BCUT2D eigenvalue weighted by atomic mass is 16.2. The minimum absolute atomic E-state index is 0.113. The van der Waals surface area contributed by atoms with Gasteiger partial charge in [-0.15, -0.1) is 0 Å². The molecule has 25 heavy (non-hydrogen) atoms. The van der Waals surface area contributed by atoms with Gasteiger partial charge in [0.25, 0.3) is 5.91 Å². The maximum absolute atomic E-state index is 12.8. The Bertz CT molecular complexity index is 564. The van der Waals surface area contributed by atoms with E-state index in [-0.39, 0.29) is 30.8 Å². The number of urea groups is 1. The molecule has 4 amide bonds. The van der Waals surface area contributed by atoms with Crippen molar-refractivity contribution in [2.24, 2.45) is 5.92 Å². The van der Waals surface area contributed by atoms with Crippen LogP contribution in [0.2, 0.25) is 0 Å². The summed E-state index contributed by atoms with van der Waals surface area (Å²) >= 11 is 0. The average Bonchev–Trinajstić information content (AvgIpc) is 3.36. The lowest BCUT2D eigenvalue weighted by molar-refractivity contribution is -0.134. The predicted octanol–water partition coefficient (Wildman–Crippen LogP) is 2.42. The molecule has 6 nitrogen and oxygen atoms in total. The maximum atomic E-state index is 12.8. The smallest absolute Gasteiger partial charge is 0.325 e. The fourth-order valence-electron chi connectivity index (χ4n) is 5.48. The molecule has 1 atom stereocenters. The van der Waals surface area contributed by atoms with E-state index < -0.39 is 5.54 Å². The number of rotatable bonds is 4. The highest BCUT2D eigenvalue weighted by Crippen LogP contribution is 2.37. The Balaban J connectivity index is 1.35. The van der Waals surface area contributed by atoms with Crippen molar-refractivity contribution >= 4 is 17.8 Å². The highest BCUT2D eigenvalue weighted by molar-refractivity contribution is 6.07. The van der Waals surface area contributed by atoms with Crippen molar-refractivity contribution in [3.8, 4) is 0 Å². The Kier molecular flexibility index (Phi) is 4.46. The first-order chi connectivity index (χ1) is 12.1. The summed E-state index contributed by atoms with van der Waals surface area (Å²) in [5.41, 5.74) is -0.667. The molecule has 2 saturated carbocycles. The van der Waals surface area contributed by atoms with E-state index in [1.807, 2.05) is 4.90 Å². The van der Waals surface area contributed by atoms with Crippen LogP contribution in [0.25, 0.3) is 0 Å². The molecule has 138 valence electrons. The first-order valence-electron chi connectivity index (χ1n) is 10.0. The van der Waals surface area contributed by atoms with E-state index in [9.17, 15) is 14.4 Å². The zero-order valence-corrected chi connectivity index (χ0v) is 15.0. The van der Waals surface area contributed by atoms with Crippen LogP contribution < -0.4 is 5.32 Å². The minimum atomic E-state index is -0.667. The van der Waals surface area contributed by atoms with Crippen LogP contribution >= 0.6 is 0 Å². The summed E-state index contributed by atoms with van der Waals surface area (Å²) in [6.07, 6.45) is 10.9. The molecule has 1 N–H and O–H groups in total. The molecule has 2 aliphatic heterocycles. The van der Waals surface area contributed by atoms with Gasteiger partial charge in [0.15, 0.2) is 0 Å². The molecule has 4 aliphatic rings. The predicted molar refractivity (Wildman–Crippen MR) is 92.8 cm³/mol. The third-order valence-corrected chi connectivity index (χ3v) is 6.82. The third-order valence-electron chi connectivity index (χ3n) is 6.82. The topological polar surface area (TPSA) is 69.7 Å². The summed E-state index contributed by atoms with van der Waals surface area (Å²) in [7, 11) is 0. The van der Waals surface area contributed by atoms with Crippen LogP contribution in [0.5, 0.6) is 0 Å². The molecule has 4 rings (SSSR count). The first kappa shape index (κ1) is 16.9. The van der Waals surface area contributed by atoms with Gasteiger partial charge in [-0.3, -0.25) is 14.5 Å². The lowest BCUT2D eigenvalue weighted by Gasteiger charge is -2.30. The van der Waals surface area contributed by atoms with E-state index in [1.54, 1.807) is 0 Å². The molecule has 0 aromatic rings. The molecule has 6 heteroatoms. The van der Waals surface area contributed by atoms with E-state index in [0.29, 0.717) is 12.0 Å². The van der Waals surface area contributed by atoms with Crippen molar-refractivity contribution in [3.05, 3.63) is 0 Å². The molecule has 2 aliphatic carbocycles. The number of hydrogen-bond donors (Lipinski definition) is 1. The molecule has 0 unspecified atom stereocenters. The van der Waals surface area contributed by atoms with Gasteiger partial charge in [-0.2, -0.15) is 0 Å². The van der Waals surface area contributed by atoms with Gasteiger partial charge in [-0.05, 0) is 44.4 Å². The second-order valence-corrected chi connectivity index (χ2v) is 8.27. The fourth-order valence-corrected chi connectivity index (χ4v) is 5.48. The van der Waals surface area contributed by atoms with Crippen LogP contribution in [0.1, 0.15) is 70.6 Å². The summed E-state index contributed by atoms with van der Waals surface area (Å²) < 4.78 is 0. The van der Waals surface area contributed by atoms with Crippen molar-refractivity contribution in [1.29, 1.82) is 0 Å². The van der Waals surface area contributed by atoms with Crippen LogP contribution in [-0.2, 0) is 9.59 Å². The molecule has 2 saturated heterocycles. The van der Waals surface area contributed by atoms with Gasteiger partial charge in [0, 0.05) is 25.6 Å². The Morgan fingerprint density at radius 2 is 1.76 bits per heavy atom. The standard InChI is InChI=1S/C19H29N3O3/c23-16(21-12-5-8-15(21)14-6-1-2-7-14)9-13-22-17(24)19(20-18(22)25)10-3-4-11-19/h14-15H,1-13H2,(H,20,25)/t15-/m1/s1. The maximum Gasteiger partial charge on any atom is 0.325 e. The Morgan fingerprint density at radius 1 is 1.04 bits per heavy atom. The molecule has 0 radical (unpaired) electrons. The van der Waals surface area contributed by atoms with Gasteiger partial charge >= 0.3 is 6.03 Å². The molecule has 2 heterocycles. The average molecular weight is 347 g/mol. The molecular formula is C19H29N3O3. The number of amides is 4. The largest absolute Gasteiger partial charge is 0.339 e. The van der Waals surface area contributed by atoms with Crippen molar-refractivity contribution < 1.29 is 14.4 Å². The van der Waals surface area contributed by atoms with Gasteiger partial charge in [0.2, 0.25) is 5.91 Å². The Morgan fingerprint density at radius 3 is 2.48 bits per heavy atom. The monoisotopic (exact) mass is 347 g/mol. The molecule has 4 fully saturated rings. The van der Waals surface area contributed by atoms with E-state index in [1.165, 1.54) is 30.6 Å². The fraction of sp³-hybridized carbons (Fsp3) is 0.842. The summed E-state index contributed by atoms with van der Waals surface area (Å²) in [5.74, 6) is 0.656. The van der Waals surface area contributed by atoms with E-state index in [0.717, 1.165) is 45.1 Å². The van der Waals surface area contributed by atoms with Crippen molar-refractivity contribution in [3.63, 3.8) is 0 Å². The number of carbonyl (C=O) groups is 3. The second kappa shape index (κ2) is 6.61. The van der Waals surface area contributed by atoms with E-state index in [2.05, 4.69) is 5.32 Å². The van der Waals surface area contributed by atoms with Crippen molar-refractivity contribution in [2.75, 3.05) is 13.1 Å². The van der Waals surface area contributed by atoms with E-state index >= 15 is 0 Å². The van der Waals surface area contributed by atoms with Crippen molar-refractivity contribution in [2.45, 2.75) is 82.2 Å². The SMILES string of the molecule is O=C1NC2(CCCC2)C(=O)N1CCC(=O)N1CCC[C@@H]1C1CCCC1. The van der Waals surface area contributed by atoms with Gasteiger partial charge in [-0.25, -0.2) is 4.79 Å². The lowest BCUT2D eigenvalue weighted by Crippen LogP contribution is -2.44. The molecule has 0 aromatic heterocycles. The summed E-state index contributed by atoms with van der Waals surface area (Å²) in [4.78, 5) is 41.0. The number of carbonyl (C=O) groups excluding carboxylic acids is 3. The first-order valence-corrected chi connectivity index (χ1v) is 10.0. The number of likely N-dealkylation sites (tertiary alicyclic amines) is 1. The van der Waals surface area contributed by atoms with Gasteiger partial charge in [-0.1, -0.05) is 25.7 Å². The highest BCUT2D eigenvalue weighted by Gasteiger charge is 2.52. The molecule has 0 aromatic carbocycles.